The summed E-state index contributed by atoms with van der Waals surface area (Å²) >= 11 is 0. The summed E-state index contributed by atoms with van der Waals surface area (Å²) in [6.07, 6.45) is 3.79. The number of hydrogen-bond donors (Lipinski definition) is 4. The second-order valence-electron chi connectivity index (χ2n) is 5.84. The predicted molar refractivity (Wildman–Crippen MR) is 81.2 cm³/mol. The fourth-order valence-corrected chi connectivity index (χ4v) is 2.73. The van der Waals surface area contributed by atoms with E-state index < -0.39 is 12.3 Å². The van der Waals surface area contributed by atoms with Crippen molar-refractivity contribution in [3.05, 3.63) is 18.5 Å². The molecule has 4 rings (SSSR count). The van der Waals surface area contributed by atoms with Gasteiger partial charge in [-0.1, -0.05) is 0 Å². The molecule has 1 aliphatic carbocycles. The van der Waals surface area contributed by atoms with Crippen LogP contribution in [0.15, 0.2) is 18.5 Å². The van der Waals surface area contributed by atoms with Crippen LogP contribution in [0, 0.1) is 0 Å². The van der Waals surface area contributed by atoms with E-state index in [0.29, 0.717) is 29.8 Å². The molecule has 5 N–H and O–H groups in total. The Labute approximate surface area is 139 Å². The standard InChI is InChI=1S/C13H14F2N8O2/c14-12(15)25-10-1-8(21-22-10)19-9-5-17-7-4-18-23(11(7)20-9)6-2-13(16,24)3-6/h1,4-6,12,24H,2-3,16H2,(H2,19,20,21,22)/t6-,13+. The molecule has 0 saturated heterocycles. The highest BCUT2D eigenvalue weighted by Crippen LogP contribution is 2.38. The first kappa shape index (κ1) is 15.7. The highest BCUT2D eigenvalue weighted by molar-refractivity contribution is 5.72. The van der Waals surface area contributed by atoms with E-state index in [1.165, 1.54) is 12.3 Å². The fraction of sp³-hybridized carbons (Fsp3) is 0.385. The van der Waals surface area contributed by atoms with Crippen molar-refractivity contribution < 1.29 is 18.6 Å². The van der Waals surface area contributed by atoms with Gasteiger partial charge >= 0.3 is 6.61 Å². The Morgan fingerprint density at radius 3 is 2.92 bits per heavy atom. The average molecular weight is 352 g/mol. The number of aromatic amines is 1. The summed E-state index contributed by atoms with van der Waals surface area (Å²) in [5.74, 6) is 0.426. The van der Waals surface area contributed by atoms with Gasteiger partial charge in [0.15, 0.2) is 17.3 Å². The third-order valence-electron chi connectivity index (χ3n) is 3.85. The smallest absolute Gasteiger partial charge is 0.388 e. The molecule has 3 aromatic heterocycles. The van der Waals surface area contributed by atoms with Gasteiger partial charge in [-0.15, -0.1) is 0 Å². The summed E-state index contributed by atoms with van der Waals surface area (Å²) in [6.45, 7) is -2.94. The van der Waals surface area contributed by atoms with Gasteiger partial charge in [-0.25, -0.2) is 19.7 Å². The second kappa shape index (κ2) is 5.60. The number of H-pyrrole nitrogens is 1. The summed E-state index contributed by atoms with van der Waals surface area (Å²) in [7, 11) is 0. The molecule has 132 valence electrons. The van der Waals surface area contributed by atoms with Gasteiger partial charge in [-0.05, 0) is 0 Å². The Morgan fingerprint density at radius 2 is 2.20 bits per heavy atom. The van der Waals surface area contributed by atoms with Gasteiger partial charge in [0.1, 0.15) is 11.2 Å². The summed E-state index contributed by atoms with van der Waals surface area (Å²) in [5.41, 5.74) is 5.55. The molecule has 1 fully saturated rings. The van der Waals surface area contributed by atoms with Crippen LogP contribution in [0.4, 0.5) is 20.4 Å². The van der Waals surface area contributed by atoms with E-state index >= 15 is 0 Å². The predicted octanol–water partition coefficient (Wildman–Crippen LogP) is 0.877. The van der Waals surface area contributed by atoms with Crippen LogP contribution in [0.2, 0.25) is 0 Å². The topological polar surface area (TPSA) is 140 Å². The van der Waals surface area contributed by atoms with Crippen molar-refractivity contribution in [3.63, 3.8) is 0 Å². The molecule has 3 heterocycles. The molecule has 0 bridgehead atoms. The maximum absolute atomic E-state index is 12.2. The van der Waals surface area contributed by atoms with Crippen LogP contribution in [0.25, 0.3) is 11.2 Å². The Hall–Kier alpha value is -2.86. The highest BCUT2D eigenvalue weighted by atomic mass is 19.3. The van der Waals surface area contributed by atoms with Gasteiger partial charge in [-0.3, -0.25) is 0 Å². The first-order chi connectivity index (χ1) is 11.9. The molecule has 1 aliphatic rings. The van der Waals surface area contributed by atoms with Gasteiger partial charge in [0.05, 0.1) is 18.4 Å². The largest absolute Gasteiger partial charge is 0.417 e. The minimum atomic E-state index is -2.94. The lowest BCUT2D eigenvalue weighted by molar-refractivity contribution is -0.0640. The molecule has 0 amide bonds. The van der Waals surface area contributed by atoms with Gasteiger partial charge < -0.3 is 20.9 Å². The monoisotopic (exact) mass is 352 g/mol. The van der Waals surface area contributed by atoms with Crippen molar-refractivity contribution >= 4 is 22.8 Å². The number of aliphatic hydroxyl groups is 1. The van der Waals surface area contributed by atoms with Crippen LogP contribution >= 0.6 is 0 Å². The lowest BCUT2D eigenvalue weighted by Gasteiger charge is -2.40. The van der Waals surface area contributed by atoms with Crippen LogP contribution in [0.5, 0.6) is 5.88 Å². The van der Waals surface area contributed by atoms with E-state index in [1.54, 1.807) is 10.9 Å². The van der Waals surface area contributed by atoms with Crippen molar-refractivity contribution in [3.8, 4) is 5.88 Å². The van der Waals surface area contributed by atoms with Gasteiger partial charge in [-0.2, -0.15) is 19.0 Å². The number of nitrogens with two attached hydrogens (primary N) is 1. The van der Waals surface area contributed by atoms with Crippen LogP contribution in [-0.2, 0) is 0 Å². The third-order valence-corrected chi connectivity index (χ3v) is 3.85. The van der Waals surface area contributed by atoms with E-state index in [1.807, 2.05) is 0 Å². The SMILES string of the molecule is N[C@]1(O)C[C@@H](n2ncc3ncc(Nc4cc(OC(F)F)[nH]n4)nc32)C1. The van der Waals surface area contributed by atoms with Crippen LogP contribution < -0.4 is 15.8 Å². The molecule has 0 atom stereocenters. The quantitative estimate of drug-likeness (QED) is 0.496. The van der Waals surface area contributed by atoms with Gasteiger partial charge in [0, 0.05) is 18.9 Å². The number of nitrogens with zero attached hydrogens (tertiary/aromatic N) is 5. The maximum Gasteiger partial charge on any atom is 0.388 e. The van der Waals surface area contributed by atoms with Gasteiger partial charge in [0.25, 0.3) is 0 Å². The Balaban J connectivity index is 1.55. The number of rotatable bonds is 5. The number of anilines is 2. The number of aromatic nitrogens is 6. The molecule has 1 saturated carbocycles. The number of hydrogen-bond acceptors (Lipinski definition) is 8. The van der Waals surface area contributed by atoms with Crippen LogP contribution in [0.1, 0.15) is 18.9 Å². The summed E-state index contributed by atoms with van der Waals surface area (Å²) in [5, 5.41) is 22.9. The molecule has 0 unspecified atom stereocenters. The van der Waals surface area contributed by atoms with Crippen molar-refractivity contribution in [1.29, 1.82) is 0 Å². The molecule has 0 aromatic carbocycles. The summed E-state index contributed by atoms with van der Waals surface area (Å²) in [6, 6.07) is 1.21. The number of fused-ring (bicyclic) bond motifs is 1. The lowest BCUT2D eigenvalue weighted by atomic mass is 9.83. The normalized spacial score (nSPS) is 23.0. The summed E-state index contributed by atoms with van der Waals surface area (Å²) in [4.78, 5) is 8.65. The molecule has 25 heavy (non-hydrogen) atoms. The van der Waals surface area contributed by atoms with Gasteiger partial charge in [0.2, 0.25) is 5.88 Å². The van der Waals surface area contributed by atoms with Crippen molar-refractivity contribution in [2.75, 3.05) is 5.32 Å². The summed E-state index contributed by atoms with van der Waals surface area (Å²) < 4.78 is 30.2. The fourth-order valence-electron chi connectivity index (χ4n) is 2.73. The van der Waals surface area contributed by atoms with E-state index in [0.717, 1.165) is 0 Å². The number of alkyl halides is 2. The maximum atomic E-state index is 12.2. The van der Waals surface area contributed by atoms with E-state index in [-0.39, 0.29) is 17.7 Å². The Kier molecular flexibility index (Phi) is 3.51. The van der Waals surface area contributed by atoms with E-state index in [4.69, 9.17) is 5.73 Å². The zero-order chi connectivity index (χ0) is 17.6. The minimum absolute atomic E-state index is 0.0616. The molecular weight excluding hydrogens is 338 g/mol. The first-order valence-corrected chi connectivity index (χ1v) is 7.38. The minimum Gasteiger partial charge on any atom is -0.417 e. The van der Waals surface area contributed by atoms with Crippen LogP contribution in [-0.4, -0.2) is 47.4 Å². The average Bonchev–Trinajstić information content (AvgIpc) is 3.10. The zero-order valence-corrected chi connectivity index (χ0v) is 12.7. The highest BCUT2D eigenvalue weighted by Gasteiger charge is 2.41. The number of halogens is 2. The van der Waals surface area contributed by atoms with E-state index in [9.17, 15) is 13.9 Å². The molecule has 0 aliphatic heterocycles. The van der Waals surface area contributed by atoms with Crippen LogP contribution in [0.3, 0.4) is 0 Å². The molecular formula is C13H14F2N8O2. The Morgan fingerprint density at radius 1 is 1.40 bits per heavy atom. The zero-order valence-electron chi connectivity index (χ0n) is 12.7. The molecule has 0 radical (unpaired) electrons. The molecule has 3 aromatic rings. The third kappa shape index (κ3) is 3.08. The molecule has 10 nitrogen and oxygen atoms in total. The van der Waals surface area contributed by atoms with Crippen molar-refractivity contribution in [1.82, 2.24) is 29.9 Å². The van der Waals surface area contributed by atoms with Crippen molar-refractivity contribution in [2.24, 2.45) is 5.73 Å². The number of nitrogens with one attached hydrogen (secondary N) is 2. The van der Waals surface area contributed by atoms with E-state index in [2.05, 4.69) is 35.3 Å². The second-order valence-corrected chi connectivity index (χ2v) is 5.84. The number of ether oxygens (including phenoxy) is 1. The molecule has 0 spiro atoms. The molecule has 12 heteroatoms. The first-order valence-electron chi connectivity index (χ1n) is 7.38. The lowest BCUT2D eigenvalue weighted by Crippen LogP contribution is -2.52. The Bertz CT molecular complexity index is 900. The van der Waals surface area contributed by atoms with Crippen molar-refractivity contribution in [2.45, 2.75) is 31.2 Å².